The summed E-state index contributed by atoms with van der Waals surface area (Å²) < 4.78 is 40.3. The Labute approximate surface area is 126 Å². The molecule has 21 heavy (non-hydrogen) atoms. The van der Waals surface area contributed by atoms with Crippen molar-refractivity contribution in [3.05, 3.63) is 29.6 Å². The molecular weight excluding hydrogens is 291 g/mol. The highest BCUT2D eigenvalue weighted by Gasteiger charge is 2.28. The van der Waals surface area contributed by atoms with Crippen molar-refractivity contribution in [3.63, 3.8) is 0 Å². The van der Waals surface area contributed by atoms with E-state index >= 15 is 0 Å². The molecule has 0 aliphatic rings. The first-order chi connectivity index (χ1) is 9.92. The SMILES string of the molecule is CCC(CC)CN(CC)S(=O)(=O)c1cccc(F)c1C#N. The smallest absolute Gasteiger partial charge is 0.207 e. The molecule has 1 aromatic carbocycles. The van der Waals surface area contributed by atoms with E-state index < -0.39 is 21.4 Å². The van der Waals surface area contributed by atoms with Crippen LogP contribution in [0.2, 0.25) is 0 Å². The highest BCUT2D eigenvalue weighted by Crippen LogP contribution is 2.23. The van der Waals surface area contributed by atoms with Gasteiger partial charge in [0.15, 0.2) is 0 Å². The fraction of sp³-hybridized carbons (Fsp3) is 0.533. The van der Waals surface area contributed by atoms with Gasteiger partial charge in [-0.15, -0.1) is 0 Å². The molecule has 0 aliphatic heterocycles. The van der Waals surface area contributed by atoms with Crippen LogP contribution in [0.25, 0.3) is 0 Å². The summed E-state index contributed by atoms with van der Waals surface area (Å²) in [4.78, 5) is -0.252. The Morgan fingerprint density at radius 3 is 2.38 bits per heavy atom. The maximum Gasteiger partial charge on any atom is 0.244 e. The Morgan fingerprint density at radius 2 is 1.90 bits per heavy atom. The highest BCUT2D eigenvalue weighted by molar-refractivity contribution is 7.89. The third-order valence-corrected chi connectivity index (χ3v) is 5.66. The number of hydrogen-bond acceptors (Lipinski definition) is 3. The monoisotopic (exact) mass is 312 g/mol. The summed E-state index contributed by atoms with van der Waals surface area (Å²) in [6.07, 6.45) is 1.74. The van der Waals surface area contributed by atoms with Crippen molar-refractivity contribution in [2.24, 2.45) is 5.92 Å². The molecule has 0 fully saturated rings. The molecule has 0 atom stereocenters. The van der Waals surface area contributed by atoms with E-state index in [9.17, 15) is 12.8 Å². The van der Waals surface area contributed by atoms with E-state index in [0.717, 1.165) is 18.9 Å². The first kappa shape index (κ1) is 17.6. The van der Waals surface area contributed by atoms with E-state index in [1.165, 1.54) is 16.4 Å². The molecule has 1 aromatic rings. The van der Waals surface area contributed by atoms with Gasteiger partial charge in [-0.1, -0.05) is 39.7 Å². The molecule has 116 valence electrons. The molecule has 0 aromatic heterocycles. The molecule has 0 bridgehead atoms. The van der Waals surface area contributed by atoms with Gasteiger partial charge in [-0.3, -0.25) is 0 Å². The second-order valence-corrected chi connectivity index (χ2v) is 6.77. The number of sulfonamides is 1. The van der Waals surface area contributed by atoms with Crippen LogP contribution in [-0.2, 0) is 10.0 Å². The average Bonchev–Trinajstić information content (AvgIpc) is 2.48. The lowest BCUT2D eigenvalue weighted by molar-refractivity contribution is 0.339. The average molecular weight is 312 g/mol. The van der Waals surface area contributed by atoms with Crippen LogP contribution in [0.3, 0.4) is 0 Å². The maximum atomic E-state index is 13.6. The molecule has 0 radical (unpaired) electrons. The van der Waals surface area contributed by atoms with Crippen molar-refractivity contribution in [2.45, 2.75) is 38.5 Å². The Kier molecular flexibility index (Phi) is 6.31. The van der Waals surface area contributed by atoms with Gasteiger partial charge in [-0.05, 0) is 18.1 Å². The summed E-state index contributed by atoms with van der Waals surface area (Å²) in [5.41, 5.74) is -0.416. The number of hydrogen-bond donors (Lipinski definition) is 0. The van der Waals surface area contributed by atoms with E-state index in [4.69, 9.17) is 5.26 Å². The Morgan fingerprint density at radius 1 is 1.29 bits per heavy atom. The van der Waals surface area contributed by atoms with Crippen molar-refractivity contribution < 1.29 is 12.8 Å². The Bertz CT molecular complexity index is 619. The van der Waals surface area contributed by atoms with Crippen molar-refractivity contribution in [1.82, 2.24) is 4.31 Å². The first-order valence-corrected chi connectivity index (χ1v) is 8.55. The summed E-state index contributed by atoms with van der Waals surface area (Å²) in [5.74, 6) is -0.559. The fourth-order valence-corrected chi connectivity index (χ4v) is 3.88. The van der Waals surface area contributed by atoms with Gasteiger partial charge in [-0.2, -0.15) is 9.57 Å². The molecule has 0 spiro atoms. The molecule has 0 N–H and O–H groups in total. The molecule has 4 nitrogen and oxygen atoms in total. The molecule has 0 amide bonds. The van der Waals surface area contributed by atoms with E-state index in [0.29, 0.717) is 13.1 Å². The zero-order valence-corrected chi connectivity index (χ0v) is 13.5. The molecule has 0 unspecified atom stereocenters. The van der Waals surface area contributed by atoms with E-state index in [-0.39, 0.29) is 10.8 Å². The second kappa shape index (κ2) is 7.53. The van der Waals surface area contributed by atoms with Gasteiger partial charge < -0.3 is 0 Å². The van der Waals surface area contributed by atoms with Gasteiger partial charge in [0.1, 0.15) is 22.3 Å². The topological polar surface area (TPSA) is 61.2 Å². The van der Waals surface area contributed by atoms with Crippen molar-refractivity contribution >= 4 is 10.0 Å². The van der Waals surface area contributed by atoms with Crippen molar-refractivity contribution in [2.75, 3.05) is 13.1 Å². The summed E-state index contributed by atoms with van der Waals surface area (Å²) >= 11 is 0. The maximum absolute atomic E-state index is 13.6. The summed E-state index contributed by atoms with van der Waals surface area (Å²) in [7, 11) is -3.86. The number of benzene rings is 1. The predicted octanol–water partition coefficient (Wildman–Crippen LogP) is 3.14. The highest BCUT2D eigenvalue weighted by atomic mass is 32.2. The third-order valence-electron chi connectivity index (χ3n) is 3.67. The van der Waals surface area contributed by atoms with Crippen molar-refractivity contribution in [3.8, 4) is 6.07 Å². The standard InChI is InChI=1S/C15H21FN2O2S/c1-4-12(5-2)11-18(6-3)21(19,20)15-9-7-8-14(16)13(15)10-17/h7-9,12H,4-6,11H2,1-3H3. The van der Waals surface area contributed by atoms with Crippen LogP contribution in [0.4, 0.5) is 4.39 Å². The van der Waals surface area contributed by atoms with E-state index in [2.05, 4.69) is 0 Å². The minimum Gasteiger partial charge on any atom is -0.207 e. The summed E-state index contributed by atoms with van der Waals surface area (Å²) in [5, 5.41) is 9.02. The lowest BCUT2D eigenvalue weighted by Gasteiger charge is -2.25. The first-order valence-electron chi connectivity index (χ1n) is 7.11. The summed E-state index contributed by atoms with van der Waals surface area (Å²) in [6, 6.07) is 5.34. The number of halogens is 1. The Hall–Kier alpha value is -1.45. The lowest BCUT2D eigenvalue weighted by Crippen LogP contribution is -2.35. The van der Waals surface area contributed by atoms with E-state index in [1.807, 2.05) is 13.8 Å². The fourth-order valence-electron chi connectivity index (χ4n) is 2.20. The minimum atomic E-state index is -3.86. The van der Waals surface area contributed by atoms with Gasteiger partial charge in [0, 0.05) is 13.1 Å². The van der Waals surface area contributed by atoms with Gasteiger partial charge in [0.2, 0.25) is 10.0 Å². The Balaban J connectivity index is 3.26. The van der Waals surface area contributed by atoms with Crippen LogP contribution >= 0.6 is 0 Å². The lowest BCUT2D eigenvalue weighted by atomic mass is 10.0. The summed E-state index contributed by atoms with van der Waals surface area (Å²) in [6.45, 7) is 6.44. The van der Waals surface area contributed by atoms with Crippen LogP contribution in [0, 0.1) is 23.1 Å². The third kappa shape index (κ3) is 3.80. The van der Waals surface area contributed by atoms with Crippen molar-refractivity contribution in [1.29, 1.82) is 5.26 Å². The van der Waals surface area contributed by atoms with E-state index in [1.54, 1.807) is 13.0 Å². The van der Waals surface area contributed by atoms with Gasteiger partial charge >= 0.3 is 0 Å². The molecular formula is C15H21FN2O2S. The quantitative estimate of drug-likeness (QED) is 0.777. The number of rotatable bonds is 7. The molecule has 0 heterocycles. The molecule has 1 rings (SSSR count). The van der Waals surface area contributed by atoms with Crippen LogP contribution in [0.15, 0.2) is 23.1 Å². The van der Waals surface area contributed by atoms with Crippen LogP contribution in [0.5, 0.6) is 0 Å². The predicted molar refractivity (Wildman–Crippen MR) is 79.6 cm³/mol. The number of nitriles is 1. The van der Waals surface area contributed by atoms with Crippen LogP contribution < -0.4 is 0 Å². The van der Waals surface area contributed by atoms with Crippen LogP contribution in [-0.4, -0.2) is 25.8 Å². The second-order valence-electron chi connectivity index (χ2n) is 4.86. The van der Waals surface area contributed by atoms with Gasteiger partial charge in [0.05, 0.1) is 0 Å². The van der Waals surface area contributed by atoms with Crippen LogP contribution in [0.1, 0.15) is 39.2 Å². The molecule has 6 heteroatoms. The largest absolute Gasteiger partial charge is 0.244 e. The van der Waals surface area contributed by atoms with Gasteiger partial charge in [-0.25, -0.2) is 12.8 Å². The van der Waals surface area contributed by atoms with Gasteiger partial charge in [0.25, 0.3) is 0 Å². The normalized spacial score (nSPS) is 11.9. The molecule has 0 saturated heterocycles. The minimum absolute atomic E-state index is 0.249. The zero-order valence-electron chi connectivity index (χ0n) is 12.6. The number of nitrogens with zero attached hydrogens (tertiary/aromatic N) is 2. The molecule has 0 aliphatic carbocycles. The molecule has 0 saturated carbocycles. The zero-order chi connectivity index (χ0) is 16.0.